The molecule has 0 bridgehead atoms. The molecule has 1 rings (SSSR count). The van der Waals surface area contributed by atoms with Crippen LogP contribution in [0.25, 0.3) is 0 Å². The van der Waals surface area contributed by atoms with Gasteiger partial charge in [-0.05, 0) is 11.6 Å². The lowest BCUT2D eigenvalue weighted by Gasteiger charge is -2.10. The average Bonchev–Trinajstić information content (AvgIpc) is 2.26. The number of carbonyl (C=O) groups excluding carboxylic acids is 1. The molecule has 1 aromatic rings. The number of ether oxygens (including phenoxy) is 2. The van der Waals surface area contributed by atoms with Crippen LogP contribution in [0.2, 0.25) is 0 Å². The summed E-state index contributed by atoms with van der Waals surface area (Å²) in [6, 6.07) is 1.74. The van der Waals surface area contributed by atoms with Gasteiger partial charge in [-0.2, -0.15) is 8.78 Å². The SMILES string of the molecule is COC(=O)c1c(F)cc(OC(F)F)cc1CCl. The van der Waals surface area contributed by atoms with E-state index in [9.17, 15) is 18.0 Å². The minimum absolute atomic E-state index is 0.0224. The first-order valence-electron chi connectivity index (χ1n) is 4.41. The molecule has 0 aliphatic rings. The minimum atomic E-state index is -3.08. The van der Waals surface area contributed by atoms with Gasteiger partial charge < -0.3 is 9.47 Å². The number of methoxy groups -OCH3 is 1. The van der Waals surface area contributed by atoms with Crippen LogP contribution in [0.4, 0.5) is 13.2 Å². The summed E-state index contributed by atoms with van der Waals surface area (Å²) in [6.07, 6.45) is 0. The minimum Gasteiger partial charge on any atom is -0.465 e. The van der Waals surface area contributed by atoms with Crippen LogP contribution >= 0.6 is 11.6 Å². The Bertz CT molecular complexity index is 424. The predicted octanol–water partition coefficient (Wildman–Crippen LogP) is 2.95. The van der Waals surface area contributed by atoms with Crippen molar-refractivity contribution in [2.24, 2.45) is 0 Å². The summed E-state index contributed by atoms with van der Waals surface area (Å²) < 4.78 is 45.8. The lowest BCUT2D eigenvalue weighted by molar-refractivity contribution is -0.0500. The van der Waals surface area contributed by atoms with Crippen molar-refractivity contribution in [3.8, 4) is 5.75 Å². The molecule has 0 aliphatic heterocycles. The second kappa shape index (κ2) is 5.77. The maximum Gasteiger partial charge on any atom is 0.387 e. The van der Waals surface area contributed by atoms with E-state index in [2.05, 4.69) is 9.47 Å². The van der Waals surface area contributed by atoms with Gasteiger partial charge in [0, 0.05) is 11.9 Å². The number of alkyl halides is 3. The monoisotopic (exact) mass is 268 g/mol. The highest BCUT2D eigenvalue weighted by atomic mass is 35.5. The van der Waals surface area contributed by atoms with E-state index in [0.717, 1.165) is 13.2 Å². The Balaban J connectivity index is 3.20. The molecule has 0 aromatic heterocycles. The van der Waals surface area contributed by atoms with Crippen LogP contribution < -0.4 is 4.74 Å². The molecule has 0 saturated heterocycles. The Morgan fingerprint density at radius 3 is 2.59 bits per heavy atom. The topological polar surface area (TPSA) is 35.5 Å². The Morgan fingerprint density at radius 1 is 1.47 bits per heavy atom. The van der Waals surface area contributed by atoms with Gasteiger partial charge in [-0.1, -0.05) is 0 Å². The molecule has 0 heterocycles. The van der Waals surface area contributed by atoms with Crippen LogP contribution in [0, 0.1) is 5.82 Å². The van der Waals surface area contributed by atoms with Crippen LogP contribution in [0.5, 0.6) is 5.75 Å². The average molecular weight is 269 g/mol. The summed E-state index contributed by atoms with van der Waals surface area (Å²) >= 11 is 5.50. The summed E-state index contributed by atoms with van der Waals surface area (Å²) in [5.41, 5.74) is -0.363. The third kappa shape index (κ3) is 3.26. The fourth-order valence-corrected chi connectivity index (χ4v) is 1.45. The van der Waals surface area contributed by atoms with Crippen molar-refractivity contribution in [3.63, 3.8) is 0 Å². The molecule has 0 fully saturated rings. The van der Waals surface area contributed by atoms with Crippen LogP contribution in [0.1, 0.15) is 15.9 Å². The van der Waals surface area contributed by atoms with Gasteiger partial charge in [0.25, 0.3) is 0 Å². The second-order valence-electron chi connectivity index (χ2n) is 2.94. The molecule has 1 aromatic carbocycles. The number of hydrogen-bond acceptors (Lipinski definition) is 3. The molecule has 0 N–H and O–H groups in total. The summed E-state index contributed by atoms with van der Waals surface area (Å²) in [5.74, 6) is -2.59. The van der Waals surface area contributed by atoms with Crippen molar-refractivity contribution < 1.29 is 27.4 Å². The zero-order chi connectivity index (χ0) is 13.0. The first-order chi connectivity index (χ1) is 7.99. The van der Waals surface area contributed by atoms with Gasteiger partial charge in [0.15, 0.2) is 0 Å². The molecule has 7 heteroatoms. The molecule has 3 nitrogen and oxygen atoms in total. The molecular formula is C10H8ClF3O3. The van der Waals surface area contributed by atoms with Gasteiger partial charge in [0.05, 0.1) is 12.7 Å². The van der Waals surface area contributed by atoms with Crippen LogP contribution in [-0.2, 0) is 10.6 Å². The fraction of sp³-hybridized carbons (Fsp3) is 0.300. The number of halogens is 4. The summed E-state index contributed by atoms with van der Waals surface area (Å²) in [4.78, 5) is 11.2. The van der Waals surface area contributed by atoms with Gasteiger partial charge in [-0.25, -0.2) is 9.18 Å². The second-order valence-corrected chi connectivity index (χ2v) is 3.21. The molecule has 0 saturated carbocycles. The van der Waals surface area contributed by atoms with E-state index < -0.39 is 24.1 Å². The van der Waals surface area contributed by atoms with Gasteiger partial charge >= 0.3 is 12.6 Å². The van der Waals surface area contributed by atoms with E-state index in [1.54, 1.807) is 0 Å². The third-order valence-corrected chi connectivity index (χ3v) is 2.19. The highest BCUT2D eigenvalue weighted by molar-refractivity contribution is 6.17. The quantitative estimate of drug-likeness (QED) is 0.622. The lowest BCUT2D eigenvalue weighted by Crippen LogP contribution is -2.10. The first-order valence-corrected chi connectivity index (χ1v) is 4.94. The van der Waals surface area contributed by atoms with E-state index in [1.165, 1.54) is 0 Å². The zero-order valence-electron chi connectivity index (χ0n) is 8.68. The van der Waals surface area contributed by atoms with Gasteiger partial charge in [-0.15, -0.1) is 11.6 Å². The van der Waals surface area contributed by atoms with Gasteiger partial charge in [-0.3, -0.25) is 0 Å². The fourth-order valence-electron chi connectivity index (χ4n) is 1.24. The van der Waals surface area contributed by atoms with Crippen molar-refractivity contribution in [2.75, 3.05) is 7.11 Å². The Labute approximate surface area is 100 Å². The molecule has 0 atom stereocenters. The third-order valence-electron chi connectivity index (χ3n) is 1.90. The van der Waals surface area contributed by atoms with Gasteiger partial charge in [0.2, 0.25) is 0 Å². The number of hydrogen-bond donors (Lipinski definition) is 0. The first kappa shape index (κ1) is 13.6. The van der Waals surface area contributed by atoms with Gasteiger partial charge in [0.1, 0.15) is 11.6 Å². The highest BCUT2D eigenvalue weighted by Crippen LogP contribution is 2.25. The van der Waals surface area contributed by atoms with E-state index >= 15 is 0 Å². The van der Waals surface area contributed by atoms with Crippen molar-refractivity contribution in [3.05, 3.63) is 29.1 Å². The summed E-state index contributed by atoms with van der Waals surface area (Å²) in [5, 5.41) is 0. The van der Waals surface area contributed by atoms with Crippen molar-refractivity contribution >= 4 is 17.6 Å². The Hall–Kier alpha value is -1.43. The van der Waals surface area contributed by atoms with E-state index in [0.29, 0.717) is 6.07 Å². The largest absolute Gasteiger partial charge is 0.465 e. The molecule has 0 radical (unpaired) electrons. The van der Waals surface area contributed by atoms with Crippen LogP contribution in [-0.4, -0.2) is 19.7 Å². The smallest absolute Gasteiger partial charge is 0.387 e. The summed E-state index contributed by atoms with van der Waals surface area (Å²) in [6.45, 7) is -3.08. The normalized spacial score (nSPS) is 10.5. The molecule has 94 valence electrons. The molecule has 0 amide bonds. The number of esters is 1. The number of carbonyl (C=O) groups is 1. The molecular weight excluding hydrogens is 261 g/mol. The predicted molar refractivity (Wildman–Crippen MR) is 53.9 cm³/mol. The molecule has 0 aliphatic carbocycles. The summed E-state index contributed by atoms with van der Waals surface area (Å²) in [7, 11) is 1.07. The van der Waals surface area contributed by atoms with E-state index in [4.69, 9.17) is 11.6 Å². The van der Waals surface area contributed by atoms with E-state index in [1.807, 2.05) is 0 Å². The number of rotatable bonds is 4. The lowest BCUT2D eigenvalue weighted by atomic mass is 10.1. The molecule has 0 unspecified atom stereocenters. The Morgan fingerprint density at radius 2 is 2.12 bits per heavy atom. The van der Waals surface area contributed by atoms with Crippen molar-refractivity contribution in [1.82, 2.24) is 0 Å². The van der Waals surface area contributed by atoms with Crippen molar-refractivity contribution in [2.45, 2.75) is 12.5 Å². The standard InChI is InChI=1S/C10H8ClF3O3/c1-16-9(15)8-5(4-11)2-6(3-7(8)12)17-10(13)14/h2-3,10H,4H2,1H3. The van der Waals surface area contributed by atoms with E-state index in [-0.39, 0.29) is 17.0 Å². The molecule has 17 heavy (non-hydrogen) atoms. The van der Waals surface area contributed by atoms with Crippen LogP contribution in [0.15, 0.2) is 12.1 Å². The molecule has 0 spiro atoms. The number of benzene rings is 1. The van der Waals surface area contributed by atoms with Crippen LogP contribution in [0.3, 0.4) is 0 Å². The highest BCUT2D eigenvalue weighted by Gasteiger charge is 2.19. The zero-order valence-corrected chi connectivity index (χ0v) is 9.43. The maximum absolute atomic E-state index is 13.5. The van der Waals surface area contributed by atoms with Crippen molar-refractivity contribution in [1.29, 1.82) is 0 Å². The Kier molecular flexibility index (Phi) is 4.62. The maximum atomic E-state index is 13.5.